The van der Waals surface area contributed by atoms with E-state index in [0.717, 1.165) is 5.56 Å². The highest BCUT2D eigenvalue weighted by molar-refractivity contribution is 5.98. The van der Waals surface area contributed by atoms with Crippen molar-refractivity contribution in [2.75, 3.05) is 5.32 Å². The molecular weight excluding hydrogens is 370 g/mol. The first-order valence-electron chi connectivity index (χ1n) is 9.10. The summed E-state index contributed by atoms with van der Waals surface area (Å²) in [5, 5.41) is 2.77. The molecule has 1 atom stereocenters. The van der Waals surface area contributed by atoms with E-state index in [2.05, 4.69) is 5.32 Å². The van der Waals surface area contributed by atoms with Crippen molar-refractivity contribution in [3.63, 3.8) is 0 Å². The van der Waals surface area contributed by atoms with Crippen molar-refractivity contribution in [3.05, 3.63) is 99.1 Å². The topological polar surface area (TPSA) is 85.6 Å². The van der Waals surface area contributed by atoms with Crippen molar-refractivity contribution in [2.45, 2.75) is 26.9 Å². The Hall–Kier alpha value is -3.67. The van der Waals surface area contributed by atoms with E-state index in [-0.39, 0.29) is 11.3 Å². The van der Waals surface area contributed by atoms with Gasteiger partial charge in [-0.1, -0.05) is 48.0 Å². The minimum atomic E-state index is -1.17. The van der Waals surface area contributed by atoms with Gasteiger partial charge in [-0.25, -0.2) is 9.59 Å². The summed E-state index contributed by atoms with van der Waals surface area (Å²) in [4.78, 5) is 37.2. The van der Waals surface area contributed by atoms with E-state index in [9.17, 15) is 14.4 Å². The predicted octanol–water partition coefficient (Wildman–Crippen LogP) is 4.10. The molecule has 1 N–H and O–H groups in total. The predicted molar refractivity (Wildman–Crippen MR) is 109 cm³/mol. The molecule has 0 radical (unpaired) electrons. The van der Waals surface area contributed by atoms with E-state index in [4.69, 9.17) is 9.15 Å². The van der Waals surface area contributed by atoms with Crippen LogP contribution in [-0.4, -0.2) is 11.9 Å². The van der Waals surface area contributed by atoms with Crippen LogP contribution in [0, 0.1) is 20.8 Å². The van der Waals surface area contributed by atoms with Crippen molar-refractivity contribution < 1.29 is 18.7 Å². The Kier molecular flexibility index (Phi) is 5.93. The number of esters is 1. The van der Waals surface area contributed by atoms with Gasteiger partial charge in [0.25, 0.3) is 5.91 Å². The van der Waals surface area contributed by atoms with Crippen LogP contribution >= 0.6 is 0 Å². The molecule has 3 aromatic rings. The number of rotatable bonds is 5. The van der Waals surface area contributed by atoms with Crippen LogP contribution in [0.3, 0.4) is 0 Å². The normalized spacial score (nSPS) is 11.6. The average molecular weight is 391 g/mol. The molecule has 3 rings (SSSR count). The van der Waals surface area contributed by atoms with E-state index in [1.165, 1.54) is 13.0 Å². The van der Waals surface area contributed by atoms with Crippen LogP contribution in [0.5, 0.6) is 0 Å². The van der Waals surface area contributed by atoms with Crippen molar-refractivity contribution in [3.8, 4) is 0 Å². The Morgan fingerprint density at radius 3 is 2.24 bits per heavy atom. The lowest BCUT2D eigenvalue weighted by molar-refractivity contribution is -0.125. The maximum atomic E-state index is 12.9. The number of ether oxygens (including phenoxy) is 1. The minimum absolute atomic E-state index is 0.133. The number of hydrogen-bond acceptors (Lipinski definition) is 5. The molecule has 1 unspecified atom stereocenters. The summed E-state index contributed by atoms with van der Waals surface area (Å²) in [5.41, 5.74) is 2.19. The zero-order valence-electron chi connectivity index (χ0n) is 16.4. The molecule has 0 fully saturated rings. The van der Waals surface area contributed by atoms with Gasteiger partial charge in [-0.2, -0.15) is 0 Å². The fourth-order valence-corrected chi connectivity index (χ4v) is 2.97. The molecule has 148 valence electrons. The maximum Gasteiger partial charge on any atom is 0.342 e. The highest BCUT2D eigenvalue weighted by Crippen LogP contribution is 2.23. The van der Waals surface area contributed by atoms with Crippen LogP contribution in [0.15, 0.2) is 69.9 Å². The molecule has 1 heterocycles. The molecule has 2 aromatic carbocycles. The van der Waals surface area contributed by atoms with Gasteiger partial charge in [-0.15, -0.1) is 0 Å². The van der Waals surface area contributed by atoms with E-state index >= 15 is 0 Å². The summed E-state index contributed by atoms with van der Waals surface area (Å²) in [6.07, 6.45) is -1.17. The molecule has 29 heavy (non-hydrogen) atoms. The summed E-state index contributed by atoms with van der Waals surface area (Å²) < 4.78 is 10.6. The third kappa shape index (κ3) is 4.79. The van der Waals surface area contributed by atoms with Gasteiger partial charge in [0.2, 0.25) is 6.10 Å². The Morgan fingerprint density at radius 1 is 0.966 bits per heavy atom. The second-order valence-corrected chi connectivity index (χ2v) is 6.73. The molecule has 0 saturated carbocycles. The summed E-state index contributed by atoms with van der Waals surface area (Å²) in [6, 6.07) is 17.2. The van der Waals surface area contributed by atoms with Crippen LogP contribution in [-0.2, 0) is 9.53 Å². The maximum absolute atomic E-state index is 12.9. The molecule has 1 amide bonds. The van der Waals surface area contributed by atoms with E-state index in [1.54, 1.807) is 49.4 Å². The van der Waals surface area contributed by atoms with Gasteiger partial charge in [-0.05, 0) is 38.5 Å². The number of nitrogens with one attached hydrogen (secondary N) is 1. The van der Waals surface area contributed by atoms with Crippen molar-refractivity contribution >= 4 is 17.6 Å². The second-order valence-electron chi connectivity index (χ2n) is 6.73. The van der Waals surface area contributed by atoms with Crippen LogP contribution in [0.25, 0.3) is 0 Å². The van der Waals surface area contributed by atoms with E-state index in [0.29, 0.717) is 16.8 Å². The monoisotopic (exact) mass is 391 g/mol. The van der Waals surface area contributed by atoms with Crippen LogP contribution in [0.1, 0.15) is 38.9 Å². The number of carbonyl (C=O) groups is 2. The SMILES string of the molecule is Cc1ccc(NC(=O)C(OC(=O)c2c(C)cc(=O)oc2C)c2ccccc2)cc1. The zero-order chi connectivity index (χ0) is 21.0. The quantitative estimate of drug-likeness (QED) is 0.662. The highest BCUT2D eigenvalue weighted by atomic mass is 16.5. The van der Waals surface area contributed by atoms with Crippen LogP contribution < -0.4 is 10.9 Å². The van der Waals surface area contributed by atoms with Crippen LogP contribution in [0.2, 0.25) is 0 Å². The molecular formula is C23H21NO5. The average Bonchev–Trinajstić information content (AvgIpc) is 2.67. The standard InChI is InChI=1S/C23H21NO5/c1-14-9-11-18(12-10-14)24-22(26)21(17-7-5-4-6-8-17)29-23(27)20-15(2)13-19(25)28-16(20)3/h4-13,21H,1-3H3,(H,24,26). The fourth-order valence-electron chi connectivity index (χ4n) is 2.97. The first-order valence-corrected chi connectivity index (χ1v) is 9.10. The van der Waals surface area contributed by atoms with Gasteiger partial charge in [0.15, 0.2) is 0 Å². The van der Waals surface area contributed by atoms with Crippen LogP contribution in [0.4, 0.5) is 5.69 Å². The Balaban J connectivity index is 1.90. The molecule has 6 heteroatoms. The third-order valence-corrected chi connectivity index (χ3v) is 4.42. The number of anilines is 1. The summed E-state index contributed by atoms with van der Waals surface area (Å²) in [7, 11) is 0. The first-order chi connectivity index (χ1) is 13.8. The molecule has 0 spiro atoms. The van der Waals surface area contributed by atoms with Crippen molar-refractivity contribution in [2.24, 2.45) is 0 Å². The zero-order valence-corrected chi connectivity index (χ0v) is 16.4. The number of amides is 1. The third-order valence-electron chi connectivity index (χ3n) is 4.42. The largest absolute Gasteiger partial charge is 0.444 e. The summed E-state index contributed by atoms with van der Waals surface area (Å²) >= 11 is 0. The number of aryl methyl sites for hydroxylation is 3. The lowest BCUT2D eigenvalue weighted by Crippen LogP contribution is -2.26. The van der Waals surface area contributed by atoms with E-state index in [1.807, 2.05) is 19.1 Å². The molecule has 0 aliphatic carbocycles. The number of hydrogen-bond donors (Lipinski definition) is 1. The van der Waals surface area contributed by atoms with Gasteiger partial charge >= 0.3 is 11.6 Å². The minimum Gasteiger partial charge on any atom is -0.444 e. The van der Waals surface area contributed by atoms with Gasteiger partial charge in [0.1, 0.15) is 11.3 Å². The number of benzene rings is 2. The Morgan fingerprint density at radius 2 is 1.62 bits per heavy atom. The molecule has 1 aromatic heterocycles. The highest BCUT2D eigenvalue weighted by Gasteiger charge is 2.28. The number of carbonyl (C=O) groups excluding carboxylic acids is 2. The van der Waals surface area contributed by atoms with Gasteiger partial charge in [0.05, 0.1) is 0 Å². The Labute approximate surface area is 168 Å². The van der Waals surface area contributed by atoms with Gasteiger partial charge < -0.3 is 14.5 Å². The molecule has 0 aliphatic rings. The molecule has 6 nitrogen and oxygen atoms in total. The first kappa shape index (κ1) is 20.1. The lowest BCUT2D eigenvalue weighted by atomic mass is 10.1. The van der Waals surface area contributed by atoms with Crippen molar-refractivity contribution in [1.29, 1.82) is 0 Å². The van der Waals surface area contributed by atoms with E-state index < -0.39 is 23.6 Å². The Bertz CT molecular complexity index is 1060. The molecule has 0 bridgehead atoms. The second kappa shape index (κ2) is 8.56. The van der Waals surface area contributed by atoms with Gasteiger partial charge in [-0.3, -0.25) is 4.79 Å². The molecule has 0 aliphatic heterocycles. The fraction of sp³-hybridized carbons (Fsp3) is 0.174. The molecule has 0 saturated heterocycles. The smallest absolute Gasteiger partial charge is 0.342 e. The van der Waals surface area contributed by atoms with Crippen molar-refractivity contribution in [1.82, 2.24) is 0 Å². The lowest BCUT2D eigenvalue weighted by Gasteiger charge is -2.19. The summed E-state index contributed by atoms with van der Waals surface area (Å²) in [6.45, 7) is 5.07. The van der Waals surface area contributed by atoms with Gasteiger partial charge in [0, 0.05) is 17.3 Å². The summed E-state index contributed by atoms with van der Waals surface area (Å²) in [5.74, 6) is -1.08.